The van der Waals surface area contributed by atoms with Crippen molar-refractivity contribution < 1.29 is 18.3 Å². The quantitative estimate of drug-likeness (QED) is 0.282. The number of nitrogens with one attached hydrogen (secondary N) is 2. The molecule has 3 N–H and O–H groups in total. The van der Waals surface area contributed by atoms with Crippen LogP contribution < -0.4 is 10.6 Å². The van der Waals surface area contributed by atoms with Crippen LogP contribution in [0.25, 0.3) is 0 Å². The van der Waals surface area contributed by atoms with Crippen molar-refractivity contribution in [3.8, 4) is 0 Å². The van der Waals surface area contributed by atoms with Gasteiger partial charge in [-0.2, -0.15) is 13.2 Å². The molecule has 5 nitrogen and oxygen atoms in total. The number of piperidine rings is 1. The predicted octanol–water partition coefficient (Wildman–Crippen LogP) is 3.13. The van der Waals surface area contributed by atoms with Crippen molar-refractivity contribution in [3.63, 3.8) is 0 Å². The lowest BCUT2D eigenvalue weighted by Gasteiger charge is -2.32. The van der Waals surface area contributed by atoms with Gasteiger partial charge in [-0.25, -0.2) is 0 Å². The van der Waals surface area contributed by atoms with E-state index in [1.807, 2.05) is 6.92 Å². The number of rotatable bonds is 7. The van der Waals surface area contributed by atoms with Crippen molar-refractivity contribution in [2.45, 2.75) is 63.6 Å². The molecule has 0 aromatic rings. The summed E-state index contributed by atoms with van der Waals surface area (Å²) in [5.41, 5.74) is -0.659. The zero-order chi connectivity index (χ0) is 19.0. The third-order valence-electron chi connectivity index (χ3n) is 5.37. The van der Waals surface area contributed by atoms with E-state index < -0.39 is 18.3 Å². The van der Waals surface area contributed by atoms with Crippen LogP contribution in [-0.2, 0) is 0 Å². The third kappa shape index (κ3) is 9.65. The minimum absolute atomic E-state index is 0. The molecule has 1 aliphatic carbocycles. The van der Waals surface area contributed by atoms with Gasteiger partial charge in [-0.3, -0.25) is 9.89 Å². The Labute approximate surface area is 177 Å². The molecule has 0 amide bonds. The van der Waals surface area contributed by atoms with E-state index in [9.17, 15) is 18.3 Å². The molecule has 0 unspecified atom stereocenters. The summed E-state index contributed by atoms with van der Waals surface area (Å²) in [5, 5.41) is 16.9. The largest absolute Gasteiger partial charge is 0.401 e. The number of alkyl halides is 3. The van der Waals surface area contributed by atoms with Crippen LogP contribution in [-0.4, -0.2) is 67.0 Å². The van der Waals surface area contributed by atoms with Gasteiger partial charge in [-0.05, 0) is 58.0 Å². The highest BCUT2D eigenvalue weighted by molar-refractivity contribution is 14.0. The van der Waals surface area contributed by atoms with E-state index in [2.05, 4.69) is 15.6 Å². The lowest BCUT2D eigenvalue weighted by molar-refractivity contribution is -0.148. The maximum atomic E-state index is 12.4. The number of likely N-dealkylation sites (tertiary alicyclic amines) is 1. The van der Waals surface area contributed by atoms with Crippen LogP contribution in [0.2, 0.25) is 0 Å². The molecule has 1 saturated carbocycles. The minimum Gasteiger partial charge on any atom is -0.388 e. The van der Waals surface area contributed by atoms with E-state index in [0.29, 0.717) is 31.5 Å². The predicted molar refractivity (Wildman–Crippen MR) is 113 cm³/mol. The Hall–Kier alpha value is -0.290. The SMILES string of the molecule is CCNC(=NCC1(O)CCCC1)NCCC1CCN(CC(F)(F)F)CC1.I. The maximum Gasteiger partial charge on any atom is 0.401 e. The number of halogens is 4. The van der Waals surface area contributed by atoms with Crippen LogP contribution in [0, 0.1) is 5.92 Å². The van der Waals surface area contributed by atoms with Crippen molar-refractivity contribution in [1.82, 2.24) is 15.5 Å². The van der Waals surface area contributed by atoms with Gasteiger partial charge in [0.1, 0.15) is 0 Å². The Kier molecular flexibility index (Phi) is 10.7. The monoisotopic (exact) mass is 506 g/mol. The van der Waals surface area contributed by atoms with Crippen molar-refractivity contribution in [3.05, 3.63) is 0 Å². The first kappa shape index (κ1) is 24.7. The fraction of sp³-hybridized carbons (Fsp3) is 0.944. The molecule has 160 valence electrons. The molecule has 0 spiro atoms. The van der Waals surface area contributed by atoms with Gasteiger partial charge in [0.15, 0.2) is 5.96 Å². The molecular formula is C18H34F3IN4O. The summed E-state index contributed by atoms with van der Waals surface area (Å²) >= 11 is 0. The fourth-order valence-corrected chi connectivity index (χ4v) is 3.84. The Balaban J connectivity index is 0.00000364. The lowest BCUT2D eigenvalue weighted by Crippen LogP contribution is -2.42. The summed E-state index contributed by atoms with van der Waals surface area (Å²) in [6, 6.07) is 0. The summed E-state index contributed by atoms with van der Waals surface area (Å²) in [6.07, 6.45) is 2.19. The van der Waals surface area contributed by atoms with Gasteiger partial charge in [-0.15, -0.1) is 24.0 Å². The summed E-state index contributed by atoms with van der Waals surface area (Å²) < 4.78 is 37.3. The number of guanidine groups is 1. The Morgan fingerprint density at radius 1 is 1.19 bits per heavy atom. The average Bonchev–Trinajstić information content (AvgIpc) is 3.00. The van der Waals surface area contributed by atoms with Gasteiger partial charge in [-0.1, -0.05) is 12.8 Å². The molecule has 2 rings (SSSR count). The Morgan fingerprint density at radius 2 is 1.81 bits per heavy atom. The highest BCUT2D eigenvalue weighted by Crippen LogP contribution is 2.29. The van der Waals surface area contributed by atoms with Crippen LogP contribution in [0.5, 0.6) is 0 Å². The van der Waals surface area contributed by atoms with E-state index in [-0.39, 0.29) is 24.0 Å². The molecule has 0 atom stereocenters. The standard InChI is InChI=1S/C18H33F3N4O.HI/c1-2-22-16(24-13-17(26)8-3-4-9-17)23-10-5-15-6-11-25(12-7-15)14-18(19,20)21;/h15,26H,2-14H2,1H3,(H2,22,23,24);1H. The molecular weight excluding hydrogens is 472 g/mol. The average molecular weight is 506 g/mol. The molecule has 0 aromatic heterocycles. The molecule has 27 heavy (non-hydrogen) atoms. The normalized spacial score (nSPS) is 21.7. The van der Waals surface area contributed by atoms with E-state index in [1.54, 1.807) is 0 Å². The molecule has 1 aliphatic heterocycles. The molecule has 2 fully saturated rings. The Bertz CT molecular complexity index is 448. The van der Waals surface area contributed by atoms with E-state index in [1.165, 1.54) is 4.90 Å². The molecule has 0 radical (unpaired) electrons. The molecule has 0 aromatic carbocycles. The Morgan fingerprint density at radius 3 is 2.37 bits per heavy atom. The molecule has 1 heterocycles. The highest BCUT2D eigenvalue weighted by Gasteiger charge is 2.32. The molecule has 0 bridgehead atoms. The maximum absolute atomic E-state index is 12.4. The van der Waals surface area contributed by atoms with Crippen molar-refractivity contribution in [2.24, 2.45) is 10.9 Å². The van der Waals surface area contributed by atoms with Crippen molar-refractivity contribution in [2.75, 3.05) is 39.3 Å². The van der Waals surface area contributed by atoms with Gasteiger partial charge < -0.3 is 15.7 Å². The smallest absolute Gasteiger partial charge is 0.388 e. The second-order valence-corrected chi connectivity index (χ2v) is 7.68. The summed E-state index contributed by atoms with van der Waals surface area (Å²) in [6.45, 7) is 4.15. The molecule has 2 aliphatic rings. The summed E-state index contributed by atoms with van der Waals surface area (Å²) in [7, 11) is 0. The summed E-state index contributed by atoms with van der Waals surface area (Å²) in [5.74, 6) is 1.16. The van der Waals surface area contributed by atoms with E-state index >= 15 is 0 Å². The molecule has 9 heteroatoms. The number of hydrogen-bond donors (Lipinski definition) is 3. The van der Waals surface area contributed by atoms with Gasteiger partial charge in [0, 0.05) is 13.1 Å². The number of nitrogens with zero attached hydrogens (tertiary/aromatic N) is 2. The highest BCUT2D eigenvalue weighted by atomic mass is 127. The number of hydrogen-bond acceptors (Lipinski definition) is 3. The van der Waals surface area contributed by atoms with Crippen LogP contribution >= 0.6 is 24.0 Å². The minimum atomic E-state index is -4.10. The number of aliphatic imine (C=N–C) groups is 1. The lowest BCUT2D eigenvalue weighted by atomic mass is 9.93. The third-order valence-corrected chi connectivity index (χ3v) is 5.37. The zero-order valence-electron chi connectivity index (χ0n) is 16.2. The second-order valence-electron chi connectivity index (χ2n) is 7.68. The van der Waals surface area contributed by atoms with Crippen LogP contribution in [0.15, 0.2) is 4.99 Å². The number of aliphatic hydroxyl groups is 1. The van der Waals surface area contributed by atoms with E-state index in [0.717, 1.165) is 58.0 Å². The van der Waals surface area contributed by atoms with Crippen molar-refractivity contribution >= 4 is 29.9 Å². The zero-order valence-corrected chi connectivity index (χ0v) is 18.5. The van der Waals surface area contributed by atoms with Crippen LogP contribution in [0.3, 0.4) is 0 Å². The summed E-state index contributed by atoms with van der Waals surface area (Å²) in [4.78, 5) is 6.01. The van der Waals surface area contributed by atoms with E-state index in [4.69, 9.17) is 0 Å². The first-order valence-corrected chi connectivity index (χ1v) is 9.83. The van der Waals surface area contributed by atoms with Gasteiger partial charge >= 0.3 is 6.18 Å². The topological polar surface area (TPSA) is 59.9 Å². The van der Waals surface area contributed by atoms with Gasteiger partial charge in [0.05, 0.1) is 18.7 Å². The second kappa shape index (κ2) is 11.6. The first-order valence-electron chi connectivity index (χ1n) is 9.83. The van der Waals surface area contributed by atoms with Crippen molar-refractivity contribution in [1.29, 1.82) is 0 Å². The first-order chi connectivity index (χ1) is 12.3. The molecule has 1 saturated heterocycles. The fourth-order valence-electron chi connectivity index (χ4n) is 3.84. The van der Waals surface area contributed by atoms with Crippen LogP contribution in [0.1, 0.15) is 51.9 Å². The van der Waals surface area contributed by atoms with Crippen LogP contribution in [0.4, 0.5) is 13.2 Å². The van der Waals surface area contributed by atoms with Gasteiger partial charge in [0.25, 0.3) is 0 Å². The van der Waals surface area contributed by atoms with Gasteiger partial charge in [0.2, 0.25) is 0 Å².